The predicted molar refractivity (Wildman–Crippen MR) is 114 cm³/mol. The number of likely N-dealkylation sites (tertiary alicyclic amines) is 1. The highest BCUT2D eigenvalue weighted by atomic mass is 32.2. The van der Waals surface area contributed by atoms with Crippen LogP contribution in [0.5, 0.6) is 0 Å². The molecule has 2 aromatic rings. The minimum atomic E-state index is -0.187. The molecule has 148 valence electrons. The molecule has 1 saturated carbocycles. The van der Waals surface area contributed by atoms with Gasteiger partial charge in [-0.05, 0) is 66.7 Å². The van der Waals surface area contributed by atoms with Crippen molar-refractivity contribution in [3.63, 3.8) is 0 Å². The summed E-state index contributed by atoms with van der Waals surface area (Å²) >= 11 is 1.62. The lowest BCUT2D eigenvalue weighted by Gasteiger charge is -2.33. The Morgan fingerprint density at radius 2 is 2.00 bits per heavy atom. The molecule has 0 aromatic heterocycles. The second-order valence-corrected chi connectivity index (χ2v) is 8.54. The lowest BCUT2D eigenvalue weighted by Crippen LogP contribution is -2.46. The first kappa shape index (κ1) is 19.5. The molecule has 3 unspecified atom stereocenters. The number of hydrogen-bond acceptors (Lipinski definition) is 3. The summed E-state index contributed by atoms with van der Waals surface area (Å²) in [5.74, 6) is 0.294. The molecule has 2 aromatic carbocycles. The van der Waals surface area contributed by atoms with E-state index in [4.69, 9.17) is 0 Å². The number of benzene rings is 2. The van der Waals surface area contributed by atoms with Crippen LogP contribution in [-0.4, -0.2) is 36.2 Å². The monoisotopic (exact) mass is 398 g/mol. The lowest BCUT2D eigenvalue weighted by molar-refractivity contribution is -0.133. The van der Waals surface area contributed by atoms with Gasteiger partial charge in [0.2, 0.25) is 5.91 Å². The highest BCUT2D eigenvalue weighted by molar-refractivity contribution is 7.96. The van der Waals surface area contributed by atoms with Gasteiger partial charge in [0.15, 0.2) is 0 Å². The first-order valence-corrected chi connectivity index (χ1v) is 11.2. The van der Waals surface area contributed by atoms with Gasteiger partial charge in [0.1, 0.15) is 5.82 Å². The predicted octanol–water partition coefficient (Wildman–Crippen LogP) is 4.76. The maximum atomic E-state index is 14.3. The van der Waals surface area contributed by atoms with Gasteiger partial charge in [0.05, 0.1) is 0 Å². The van der Waals surface area contributed by atoms with Crippen molar-refractivity contribution in [3.8, 4) is 11.1 Å². The zero-order chi connectivity index (χ0) is 19.7. The number of carbonyl (C=O) groups is 1. The molecule has 28 heavy (non-hydrogen) atoms. The van der Waals surface area contributed by atoms with Crippen molar-refractivity contribution in [1.82, 2.24) is 9.62 Å². The van der Waals surface area contributed by atoms with E-state index in [9.17, 15) is 9.18 Å². The van der Waals surface area contributed by atoms with Gasteiger partial charge in [-0.1, -0.05) is 48.3 Å². The molecule has 4 rings (SSSR count). The Kier molecular flexibility index (Phi) is 5.74. The lowest BCUT2D eigenvalue weighted by atomic mass is 9.91. The number of hydrogen-bond donors (Lipinski definition) is 1. The Balaban J connectivity index is 1.56. The number of amides is 1. The summed E-state index contributed by atoms with van der Waals surface area (Å²) in [4.78, 5) is 15.1. The minimum absolute atomic E-state index is 0.0281. The van der Waals surface area contributed by atoms with Gasteiger partial charge >= 0.3 is 0 Å². The van der Waals surface area contributed by atoms with Crippen LogP contribution in [0.15, 0.2) is 42.5 Å². The van der Waals surface area contributed by atoms with Gasteiger partial charge in [0, 0.05) is 25.0 Å². The van der Waals surface area contributed by atoms with Gasteiger partial charge in [0.25, 0.3) is 0 Å². The van der Waals surface area contributed by atoms with Crippen molar-refractivity contribution in [2.45, 2.75) is 38.1 Å². The van der Waals surface area contributed by atoms with E-state index in [1.165, 1.54) is 0 Å². The second kappa shape index (κ2) is 8.26. The molecule has 0 spiro atoms. The Labute approximate surface area is 170 Å². The molecule has 1 amide bonds. The van der Waals surface area contributed by atoms with Crippen molar-refractivity contribution < 1.29 is 9.18 Å². The zero-order valence-corrected chi connectivity index (χ0v) is 17.3. The molecule has 5 heteroatoms. The summed E-state index contributed by atoms with van der Waals surface area (Å²) in [5, 5.41) is 0. The van der Waals surface area contributed by atoms with E-state index in [-0.39, 0.29) is 23.6 Å². The van der Waals surface area contributed by atoms with Crippen LogP contribution in [0.4, 0.5) is 4.39 Å². The summed E-state index contributed by atoms with van der Waals surface area (Å²) < 4.78 is 17.7. The summed E-state index contributed by atoms with van der Waals surface area (Å²) in [6, 6.07) is 13.8. The molecule has 0 radical (unpaired) electrons. The van der Waals surface area contributed by atoms with E-state index >= 15 is 0 Å². The Morgan fingerprint density at radius 3 is 2.75 bits per heavy atom. The van der Waals surface area contributed by atoms with Gasteiger partial charge in [-0.3, -0.25) is 9.52 Å². The van der Waals surface area contributed by atoms with Crippen LogP contribution in [0.3, 0.4) is 0 Å². The van der Waals surface area contributed by atoms with Crippen LogP contribution < -0.4 is 4.72 Å². The van der Waals surface area contributed by atoms with Gasteiger partial charge in [-0.15, -0.1) is 0 Å². The van der Waals surface area contributed by atoms with Gasteiger partial charge in [-0.25, -0.2) is 4.39 Å². The average Bonchev–Trinajstić information content (AvgIpc) is 3.51. The first-order valence-electron chi connectivity index (χ1n) is 10.0. The fourth-order valence-electron chi connectivity index (χ4n) is 4.49. The quantitative estimate of drug-likeness (QED) is 0.737. The van der Waals surface area contributed by atoms with Crippen LogP contribution in [0.2, 0.25) is 0 Å². The molecule has 3 nitrogen and oxygen atoms in total. The fourth-order valence-corrected chi connectivity index (χ4v) is 5.02. The van der Waals surface area contributed by atoms with Crippen LogP contribution in [0, 0.1) is 18.7 Å². The molecule has 1 saturated heterocycles. The number of piperidine rings is 1. The van der Waals surface area contributed by atoms with E-state index in [0.717, 1.165) is 49.0 Å². The van der Waals surface area contributed by atoms with Crippen molar-refractivity contribution in [2.75, 3.05) is 19.3 Å². The summed E-state index contributed by atoms with van der Waals surface area (Å²) in [6.45, 7) is 3.48. The summed E-state index contributed by atoms with van der Waals surface area (Å²) in [5.41, 5.74) is 3.76. The number of halogens is 1. The standard InChI is InChI=1S/C23H27FN2OS/c1-15-21(24)11-10-18(22(15)16-7-4-3-5-8-16)19-13-20(19)23(27)26-12-6-9-17(14-26)25-28-2/h3-5,7-8,10-11,17,19-20,25H,6,9,12-14H2,1-2H3. The highest BCUT2D eigenvalue weighted by Crippen LogP contribution is 2.52. The molecule has 2 fully saturated rings. The molecular weight excluding hydrogens is 371 g/mol. The number of rotatable bonds is 5. The first-order chi connectivity index (χ1) is 13.6. The largest absolute Gasteiger partial charge is 0.341 e. The van der Waals surface area contributed by atoms with Crippen LogP contribution in [-0.2, 0) is 4.79 Å². The van der Waals surface area contributed by atoms with Crippen LogP contribution in [0.25, 0.3) is 11.1 Å². The second-order valence-electron chi connectivity index (χ2n) is 7.90. The highest BCUT2D eigenvalue weighted by Gasteiger charge is 2.47. The number of nitrogens with one attached hydrogen (secondary N) is 1. The average molecular weight is 399 g/mol. The van der Waals surface area contributed by atoms with Gasteiger partial charge in [-0.2, -0.15) is 0 Å². The van der Waals surface area contributed by atoms with Crippen molar-refractivity contribution in [1.29, 1.82) is 0 Å². The number of carbonyl (C=O) groups excluding carboxylic acids is 1. The van der Waals surface area contributed by atoms with Crippen molar-refractivity contribution in [3.05, 3.63) is 59.4 Å². The third-order valence-electron chi connectivity index (χ3n) is 6.02. The smallest absolute Gasteiger partial charge is 0.226 e. The molecule has 3 atom stereocenters. The maximum Gasteiger partial charge on any atom is 0.226 e. The molecule has 1 aliphatic heterocycles. The van der Waals surface area contributed by atoms with E-state index < -0.39 is 0 Å². The molecule has 1 heterocycles. The SMILES string of the molecule is CSNC1CCCN(C(=O)C2CC2c2ccc(F)c(C)c2-c2ccccc2)C1. The van der Waals surface area contributed by atoms with E-state index in [1.807, 2.05) is 54.5 Å². The molecule has 1 aliphatic carbocycles. The van der Waals surface area contributed by atoms with Gasteiger partial charge < -0.3 is 4.90 Å². The third kappa shape index (κ3) is 3.83. The maximum absolute atomic E-state index is 14.3. The summed E-state index contributed by atoms with van der Waals surface area (Å²) in [7, 11) is 0. The van der Waals surface area contributed by atoms with Crippen LogP contribution in [0.1, 0.15) is 36.3 Å². The Bertz CT molecular complexity index is 855. The molecule has 2 aliphatic rings. The third-order valence-corrected chi connectivity index (χ3v) is 6.59. The van der Waals surface area contributed by atoms with E-state index in [2.05, 4.69) is 4.72 Å². The van der Waals surface area contributed by atoms with E-state index in [0.29, 0.717) is 11.6 Å². The number of nitrogens with zero attached hydrogens (tertiary/aromatic N) is 1. The fraction of sp³-hybridized carbons (Fsp3) is 0.435. The molecular formula is C23H27FN2OS. The molecule has 0 bridgehead atoms. The van der Waals surface area contributed by atoms with Crippen molar-refractivity contribution >= 4 is 17.9 Å². The Morgan fingerprint density at radius 1 is 1.21 bits per heavy atom. The minimum Gasteiger partial charge on any atom is -0.341 e. The van der Waals surface area contributed by atoms with Crippen molar-refractivity contribution in [2.24, 2.45) is 5.92 Å². The van der Waals surface area contributed by atoms with E-state index in [1.54, 1.807) is 18.0 Å². The topological polar surface area (TPSA) is 32.3 Å². The molecule has 1 N–H and O–H groups in total. The Hall–Kier alpha value is -1.85. The zero-order valence-electron chi connectivity index (χ0n) is 16.5. The van der Waals surface area contributed by atoms with Crippen LogP contribution >= 0.6 is 11.9 Å². The normalized spacial score (nSPS) is 24.2. The summed E-state index contributed by atoms with van der Waals surface area (Å²) in [6.07, 6.45) is 5.06.